The lowest BCUT2D eigenvalue weighted by atomic mass is 9.92. The zero-order valence-corrected chi connectivity index (χ0v) is 24.7. The highest BCUT2D eigenvalue weighted by atomic mass is 35.5. The van der Waals surface area contributed by atoms with Gasteiger partial charge in [-0.3, -0.25) is 9.12 Å². The number of sulfonamides is 1. The molecule has 1 aliphatic heterocycles. The molecule has 0 spiro atoms. The van der Waals surface area contributed by atoms with Crippen LogP contribution in [-0.4, -0.2) is 53.1 Å². The Morgan fingerprint density at radius 2 is 1.95 bits per heavy atom. The summed E-state index contributed by atoms with van der Waals surface area (Å²) in [4.78, 5) is 13.2. The number of halogens is 2. The molecule has 1 aliphatic carbocycles. The van der Waals surface area contributed by atoms with Crippen molar-refractivity contribution in [3.63, 3.8) is 0 Å². The normalized spacial score (nSPS) is 17.8. The fraction of sp³-hybridized carbons (Fsp3) is 0.345. The molecule has 4 heterocycles. The molecule has 4 aromatic rings. The number of nitrogens with zero attached hydrogens (tertiary/aromatic N) is 4. The highest BCUT2D eigenvalue weighted by Crippen LogP contribution is 2.36. The van der Waals surface area contributed by atoms with Crippen molar-refractivity contribution in [1.82, 2.24) is 24.7 Å². The number of imidazole rings is 1. The number of rotatable bonds is 8. The zero-order valence-electron chi connectivity index (χ0n) is 23.1. The summed E-state index contributed by atoms with van der Waals surface area (Å²) in [6.45, 7) is 5.60. The summed E-state index contributed by atoms with van der Waals surface area (Å²) in [6.07, 6.45) is 7.98. The van der Waals surface area contributed by atoms with Gasteiger partial charge < -0.3 is 15.8 Å². The van der Waals surface area contributed by atoms with Gasteiger partial charge in [-0.1, -0.05) is 37.6 Å². The monoisotopic (exact) mass is 611 g/mol. The van der Waals surface area contributed by atoms with Gasteiger partial charge in [0.15, 0.2) is 5.03 Å². The number of ether oxygens (including phenoxy) is 1. The largest absolute Gasteiger partial charge is 0.382 e. The topological polar surface area (TPSA) is 137 Å². The number of anilines is 2. The third-order valence-corrected chi connectivity index (χ3v) is 9.05. The molecule has 0 amide bonds. The van der Waals surface area contributed by atoms with Gasteiger partial charge in [-0.15, -0.1) is 0 Å². The summed E-state index contributed by atoms with van der Waals surface area (Å²) in [5, 5.41) is 3.66. The molecule has 3 aromatic heterocycles. The van der Waals surface area contributed by atoms with Crippen LogP contribution in [0.3, 0.4) is 0 Å². The number of nitrogens with one attached hydrogen (secondary N) is 2. The van der Waals surface area contributed by atoms with E-state index in [2.05, 4.69) is 26.1 Å². The number of pyridine rings is 1. The third kappa shape index (κ3) is 5.47. The summed E-state index contributed by atoms with van der Waals surface area (Å²) in [5.41, 5.74) is 9.76. The van der Waals surface area contributed by atoms with Gasteiger partial charge >= 0.3 is 0 Å². The van der Waals surface area contributed by atoms with E-state index < -0.39 is 15.8 Å². The number of benzene rings is 1. The van der Waals surface area contributed by atoms with Crippen molar-refractivity contribution in [3.8, 4) is 11.3 Å². The molecule has 13 heteroatoms. The molecule has 1 fully saturated rings. The molecule has 1 saturated heterocycles. The van der Waals surface area contributed by atoms with Crippen LogP contribution in [0, 0.1) is 5.82 Å². The van der Waals surface area contributed by atoms with Crippen molar-refractivity contribution in [2.75, 3.05) is 23.7 Å². The van der Waals surface area contributed by atoms with Gasteiger partial charge in [0, 0.05) is 23.7 Å². The number of hydrogen-bond acceptors (Lipinski definition) is 8. The average Bonchev–Trinajstić information content (AvgIpc) is 3.35. The quantitative estimate of drug-likeness (QED) is 0.253. The van der Waals surface area contributed by atoms with Gasteiger partial charge in [-0.05, 0) is 49.1 Å². The van der Waals surface area contributed by atoms with Crippen molar-refractivity contribution in [2.24, 2.45) is 0 Å². The third-order valence-electron chi connectivity index (χ3n) is 7.54. The second kappa shape index (κ2) is 11.3. The van der Waals surface area contributed by atoms with Crippen LogP contribution < -0.4 is 15.8 Å². The smallest absolute Gasteiger partial charge is 0.279 e. The summed E-state index contributed by atoms with van der Waals surface area (Å²) in [6, 6.07) is 7.68. The van der Waals surface area contributed by atoms with Crippen LogP contribution in [0.15, 0.2) is 53.8 Å². The first kappa shape index (κ1) is 28.5. The number of nitrogen functional groups attached to an aromatic ring is 1. The maximum absolute atomic E-state index is 15.4. The number of fused-ring (bicyclic) bond motifs is 1. The van der Waals surface area contributed by atoms with Gasteiger partial charge in [-0.2, -0.15) is 8.42 Å². The molecule has 0 radical (unpaired) electrons. The number of nitrogens with two attached hydrogens (primary N) is 1. The van der Waals surface area contributed by atoms with Crippen LogP contribution >= 0.6 is 11.6 Å². The van der Waals surface area contributed by atoms with Gasteiger partial charge in [0.25, 0.3) is 10.0 Å². The van der Waals surface area contributed by atoms with Crippen LogP contribution in [0.4, 0.5) is 15.9 Å². The number of aromatic nitrogens is 4. The van der Waals surface area contributed by atoms with E-state index >= 15 is 4.39 Å². The summed E-state index contributed by atoms with van der Waals surface area (Å²) >= 11 is 5.81. The maximum atomic E-state index is 15.4. The van der Waals surface area contributed by atoms with Crippen LogP contribution in [0.2, 0.25) is 5.02 Å². The molecule has 2 aliphatic rings. The molecule has 0 bridgehead atoms. The lowest BCUT2D eigenvalue weighted by Crippen LogP contribution is -2.50. The summed E-state index contributed by atoms with van der Waals surface area (Å²) < 4.78 is 50.5. The predicted octanol–water partition coefficient (Wildman–Crippen LogP) is 5.01. The molecule has 1 aromatic carbocycles. The minimum absolute atomic E-state index is 0.0341. The van der Waals surface area contributed by atoms with E-state index in [9.17, 15) is 8.42 Å². The minimum atomic E-state index is -4.13. The highest BCUT2D eigenvalue weighted by molar-refractivity contribution is 7.92. The highest BCUT2D eigenvalue weighted by Gasteiger charge is 2.27. The van der Waals surface area contributed by atoms with Crippen LogP contribution in [0.1, 0.15) is 50.5 Å². The van der Waals surface area contributed by atoms with Crippen molar-refractivity contribution in [2.45, 2.75) is 56.1 Å². The minimum Gasteiger partial charge on any atom is -0.382 e. The van der Waals surface area contributed by atoms with Gasteiger partial charge in [0.1, 0.15) is 28.7 Å². The fourth-order valence-electron chi connectivity index (χ4n) is 5.33. The second-order valence-electron chi connectivity index (χ2n) is 10.9. The SMILES string of the molecule is CC(C)c1nc(-c2ccc(NS(=O)(=O)c3ccc(Cl)cn3)c(F)c2)c2c(N)ncc(C3=CC[C@@H](NC4COC4)CC3)n12. The van der Waals surface area contributed by atoms with Gasteiger partial charge in [0.05, 0.1) is 41.9 Å². The Labute approximate surface area is 248 Å². The lowest BCUT2D eigenvalue weighted by molar-refractivity contribution is -0.0103. The van der Waals surface area contributed by atoms with E-state index in [0.29, 0.717) is 28.9 Å². The molecular weight excluding hydrogens is 581 g/mol. The molecule has 42 heavy (non-hydrogen) atoms. The van der Waals surface area contributed by atoms with Gasteiger partial charge in [0.2, 0.25) is 0 Å². The molecular formula is C29H31ClFN7O3S. The molecule has 220 valence electrons. The maximum Gasteiger partial charge on any atom is 0.279 e. The van der Waals surface area contributed by atoms with E-state index in [4.69, 9.17) is 27.1 Å². The van der Waals surface area contributed by atoms with E-state index in [-0.39, 0.29) is 27.5 Å². The lowest BCUT2D eigenvalue weighted by Gasteiger charge is -2.33. The van der Waals surface area contributed by atoms with E-state index in [1.54, 1.807) is 12.3 Å². The van der Waals surface area contributed by atoms with Crippen LogP contribution in [0.5, 0.6) is 0 Å². The Hall–Kier alpha value is -3.58. The summed E-state index contributed by atoms with van der Waals surface area (Å²) in [5.74, 6) is 0.307. The van der Waals surface area contributed by atoms with E-state index in [1.807, 2.05) is 18.2 Å². The van der Waals surface area contributed by atoms with Crippen molar-refractivity contribution >= 4 is 44.2 Å². The number of allylic oxidation sites excluding steroid dienone is 1. The van der Waals surface area contributed by atoms with Crippen molar-refractivity contribution < 1.29 is 17.5 Å². The first-order chi connectivity index (χ1) is 20.1. The standard InChI is InChI=1S/C29H31ClFN7O3S/c1-16(2)29-36-26(18-5-9-23(22(31)11-18)37-42(39,40)25-10-6-19(30)12-33-25)27-28(32)34-13-24(38(27)29)17-3-7-20(8-4-17)35-21-14-41-15-21/h3,5-6,9-13,16,20-21,35,37H,4,7-8,14-15H2,1-2H3,(H2,32,34)/t20-/m1/s1. The van der Waals surface area contributed by atoms with Crippen molar-refractivity contribution in [1.29, 1.82) is 0 Å². The molecule has 0 unspecified atom stereocenters. The molecule has 0 saturated carbocycles. The summed E-state index contributed by atoms with van der Waals surface area (Å²) in [7, 11) is -4.13. The van der Waals surface area contributed by atoms with E-state index in [1.165, 1.54) is 30.5 Å². The van der Waals surface area contributed by atoms with Gasteiger partial charge in [-0.25, -0.2) is 19.3 Å². The molecule has 6 rings (SSSR count). The van der Waals surface area contributed by atoms with Crippen LogP contribution in [0.25, 0.3) is 22.3 Å². The average molecular weight is 612 g/mol. The number of hydrogen-bond donors (Lipinski definition) is 3. The Balaban J connectivity index is 1.35. The molecule has 1 atom stereocenters. The molecule has 4 N–H and O–H groups in total. The predicted molar refractivity (Wildman–Crippen MR) is 160 cm³/mol. The Morgan fingerprint density at radius 3 is 2.57 bits per heavy atom. The van der Waals surface area contributed by atoms with E-state index in [0.717, 1.165) is 49.6 Å². The van der Waals surface area contributed by atoms with Crippen molar-refractivity contribution in [3.05, 3.63) is 71.2 Å². The van der Waals surface area contributed by atoms with Crippen LogP contribution in [-0.2, 0) is 14.8 Å². The second-order valence-corrected chi connectivity index (χ2v) is 13.0. The zero-order chi connectivity index (χ0) is 29.6. The molecule has 10 nitrogen and oxygen atoms in total. The Morgan fingerprint density at radius 1 is 1.14 bits per heavy atom. The first-order valence-corrected chi connectivity index (χ1v) is 15.6. The Kier molecular flexibility index (Phi) is 7.64. The first-order valence-electron chi connectivity index (χ1n) is 13.7. The Bertz CT molecular complexity index is 1790. The fourth-order valence-corrected chi connectivity index (χ4v) is 6.44.